The Balaban J connectivity index is 1.98. The number of hydrogen-bond donors (Lipinski definition) is 0. The van der Waals surface area contributed by atoms with E-state index in [4.69, 9.17) is 0 Å². The van der Waals surface area contributed by atoms with Gasteiger partial charge < -0.3 is 0 Å². The first kappa shape index (κ1) is 9.71. The molecule has 13 heavy (non-hydrogen) atoms. The summed E-state index contributed by atoms with van der Waals surface area (Å²) in [5.41, 5.74) is 0. The number of rotatable bonds is 2. The molecule has 2 nitrogen and oxygen atoms in total. The van der Waals surface area contributed by atoms with Crippen LogP contribution in [0.5, 0.6) is 0 Å². The van der Waals surface area contributed by atoms with E-state index in [2.05, 4.69) is 19.9 Å². The molecule has 1 aromatic heterocycles. The topological polar surface area (TPSA) is 17.8 Å². The standard InChI is InChI=1S/C8H10N2S2Se/c1-10-3-2-9-8(10)12-7-6-13-5-4-11-7/h2-5,7H,6H2,1H3. The van der Waals surface area contributed by atoms with Crippen molar-refractivity contribution in [1.82, 2.24) is 9.55 Å². The second kappa shape index (κ2) is 4.60. The van der Waals surface area contributed by atoms with Gasteiger partial charge in [0.05, 0.1) is 0 Å². The van der Waals surface area contributed by atoms with Crippen molar-refractivity contribution in [3.63, 3.8) is 0 Å². The van der Waals surface area contributed by atoms with Crippen LogP contribution in [0, 0.1) is 0 Å². The van der Waals surface area contributed by atoms with Crippen LogP contribution in [0.15, 0.2) is 27.9 Å². The van der Waals surface area contributed by atoms with E-state index >= 15 is 0 Å². The Hall–Kier alpha value is 0.169. The Morgan fingerprint density at radius 3 is 3.31 bits per heavy atom. The third kappa shape index (κ3) is 2.56. The number of aromatic nitrogens is 2. The first-order chi connectivity index (χ1) is 6.36. The van der Waals surface area contributed by atoms with Crippen molar-refractivity contribution in [2.45, 2.75) is 15.1 Å². The van der Waals surface area contributed by atoms with E-state index in [0.717, 1.165) is 5.16 Å². The van der Waals surface area contributed by atoms with E-state index in [9.17, 15) is 0 Å². The van der Waals surface area contributed by atoms with Gasteiger partial charge in [0, 0.05) is 0 Å². The molecule has 70 valence electrons. The van der Waals surface area contributed by atoms with Gasteiger partial charge >= 0.3 is 92.9 Å². The molecular weight excluding hydrogens is 267 g/mol. The van der Waals surface area contributed by atoms with Crippen LogP contribution >= 0.6 is 23.5 Å². The van der Waals surface area contributed by atoms with Gasteiger partial charge in [0.25, 0.3) is 0 Å². The van der Waals surface area contributed by atoms with Gasteiger partial charge in [0.2, 0.25) is 0 Å². The summed E-state index contributed by atoms with van der Waals surface area (Å²) in [7, 11) is 2.05. The number of imidazole rings is 1. The summed E-state index contributed by atoms with van der Waals surface area (Å²) < 4.78 is 2.75. The van der Waals surface area contributed by atoms with Crippen molar-refractivity contribution < 1.29 is 0 Å². The summed E-state index contributed by atoms with van der Waals surface area (Å²) in [5.74, 6) is 0. The van der Waals surface area contributed by atoms with Crippen LogP contribution in [0.3, 0.4) is 0 Å². The molecule has 1 atom stereocenters. The van der Waals surface area contributed by atoms with Gasteiger partial charge in [-0.2, -0.15) is 0 Å². The molecule has 2 heterocycles. The average Bonchev–Trinajstić information content (AvgIpc) is 2.54. The Kier molecular flexibility index (Phi) is 3.44. The predicted octanol–water partition coefficient (Wildman–Crippen LogP) is 2.18. The minimum absolute atomic E-state index is 0.672. The molecule has 0 N–H and O–H groups in total. The Bertz CT molecular complexity index is 311. The Morgan fingerprint density at radius 1 is 1.77 bits per heavy atom. The fraction of sp³-hybridized carbons (Fsp3) is 0.375. The van der Waals surface area contributed by atoms with Crippen molar-refractivity contribution >= 4 is 38.5 Å². The summed E-state index contributed by atoms with van der Waals surface area (Å²) in [6.45, 7) is 0. The molecule has 0 aliphatic carbocycles. The van der Waals surface area contributed by atoms with Crippen LogP contribution in [-0.2, 0) is 7.05 Å². The van der Waals surface area contributed by atoms with Gasteiger partial charge in [-0.15, -0.1) is 0 Å². The van der Waals surface area contributed by atoms with E-state index < -0.39 is 0 Å². The van der Waals surface area contributed by atoms with Crippen molar-refractivity contribution in [3.05, 3.63) is 22.8 Å². The molecule has 0 bridgehead atoms. The number of thioether (sulfide) groups is 2. The Morgan fingerprint density at radius 2 is 2.69 bits per heavy atom. The number of hydrogen-bond acceptors (Lipinski definition) is 3. The van der Waals surface area contributed by atoms with Gasteiger partial charge in [0.15, 0.2) is 0 Å². The summed E-state index contributed by atoms with van der Waals surface area (Å²) >= 11 is 4.49. The van der Waals surface area contributed by atoms with Crippen molar-refractivity contribution in [2.75, 3.05) is 0 Å². The van der Waals surface area contributed by atoms with E-state index in [-0.39, 0.29) is 0 Å². The fourth-order valence-electron chi connectivity index (χ4n) is 0.977. The summed E-state index contributed by atoms with van der Waals surface area (Å²) in [5, 5.41) is 4.67. The molecule has 0 fully saturated rings. The molecule has 1 aromatic rings. The zero-order valence-corrected chi connectivity index (χ0v) is 10.6. The van der Waals surface area contributed by atoms with Crippen molar-refractivity contribution in [1.29, 1.82) is 0 Å². The quantitative estimate of drug-likeness (QED) is 0.772. The van der Waals surface area contributed by atoms with Crippen LogP contribution in [-0.4, -0.2) is 29.1 Å². The summed E-state index contributed by atoms with van der Waals surface area (Å²) in [4.78, 5) is 6.60. The molecule has 5 heteroatoms. The molecule has 1 unspecified atom stereocenters. The summed E-state index contributed by atoms with van der Waals surface area (Å²) in [6.07, 6.45) is 3.85. The normalized spacial score (nSPS) is 22.1. The minimum atomic E-state index is 0.672. The van der Waals surface area contributed by atoms with Gasteiger partial charge in [-0.3, -0.25) is 0 Å². The SMILES string of the molecule is Cn1ccnc1SC1C[Se]C=CS1. The molecule has 0 amide bonds. The van der Waals surface area contributed by atoms with Crippen LogP contribution in [0.4, 0.5) is 0 Å². The van der Waals surface area contributed by atoms with Gasteiger partial charge in [-0.25, -0.2) is 0 Å². The monoisotopic (exact) mass is 278 g/mol. The predicted molar refractivity (Wildman–Crippen MR) is 60.1 cm³/mol. The van der Waals surface area contributed by atoms with Gasteiger partial charge in [0.1, 0.15) is 0 Å². The van der Waals surface area contributed by atoms with Crippen molar-refractivity contribution in [3.8, 4) is 0 Å². The third-order valence-electron chi connectivity index (χ3n) is 1.63. The maximum atomic E-state index is 4.31. The molecule has 2 rings (SSSR count). The molecule has 0 radical (unpaired) electrons. The van der Waals surface area contributed by atoms with Gasteiger partial charge in [-0.05, 0) is 0 Å². The number of aryl methyl sites for hydroxylation is 1. The summed E-state index contributed by atoms with van der Waals surface area (Å²) in [6, 6.07) is 0. The second-order valence-corrected chi connectivity index (χ2v) is 7.16. The molecule has 0 saturated carbocycles. The maximum absolute atomic E-state index is 4.31. The second-order valence-electron chi connectivity index (χ2n) is 2.61. The van der Waals surface area contributed by atoms with Crippen LogP contribution in [0.1, 0.15) is 0 Å². The molecule has 0 saturated heterocycles. The van der Waals surface area contributed by atoms with E-state index in [1.807, 2.05) is 43.0 Å². The van der Waals surface area contributed by atoms with E-state index in [1.54, 1.807) is 0 Å². The van der Waals surface area contributed by atoms with E-state index in [0.29, 0.717) is 19.5 Å². The number of nitrogens with zero attached hydrogens (tertiary/aromatic N) is 2. The molecule has 0 spiro atoms. The van der Waals surface area contributed by atoms with E-state index in [1.165, 1.54) is 5.32 Å². The van der Waals surface area contributed by atoms with Crippen LogP contribution in [0.2, 0.25) is 5.32 Å². The van der Waals surface area contributed by atoms with Gasteiger partial charge in [-0.1, -0.05) is 0 Å². The molecular formula is C8H10N2S2Se. The first-order valence-corrected chi connectivity index (χ1v) is 7.94. The first-order valence-electron chi connectivity index (χ1n) is 3.92. The molecule has 1 aliphatic rings. The average molecular weight is 277 g/mol. The fourth-order valence-corrected chi connectivity index (χ4v) is 5.90. The van der Waals surface area contributed by atoms with Crippen LogP contribution in [0.25, 0.3) is 0 Å². The van der Waals surface area contributed by atoms with Crippen LogP contribution < -0.4 is 0 Å². The zero-order chi connectivity index (χ0) is 9.10. The third-order valence-corrected chi connectivity index (χ3v) is 7.18. The molecule has 1 aliphatic heterocycles. The zero-order valence-electron chi connectivity index (χ0n) is 7.21. The Labute approximate surface area is 92.7 Å². The molecule has 0 aromatic carbocycles. The van der Waals surface area contributed by atoms with Crippen molar-refractivity contribution in [2.24, 2.45) is 7.05 Å².